The summed E-state index contributed by atoms with van der Waals surface area (Å²) in [5.74, 6) is -0.794. The van der Waals surface area contributed by atoms with Crippen LogP contribution in [-0.2, 0) is 14.3 Å². The Balaban J connectivity index is 3.34. The molecule has 0 amide bonds. The summed E-state index contributed by atoms with van der Waals surface area (Å²) < 4.78 is 5.02. The number of aliphatic hydroxyl groups excluding tert-OH is 1. The van der Waals surface area contributed by atoms with Crippen LogP contribution in [0, 0.1) is 10.8 Å². The highest BCUT2D eigenvalue weighted by molar-refractivity contribution is 6.24. The third kappa shape index (κ3) is 3.18. The third-order valence-corrected chi connectivity index (χ3v) is 3.87. The zero-order chi connectivity index (χ0) is 16.6. The van der Waals surface area contributed by atoms with Crippen LogP contribution in [0.2, 0.25) is 0 Å². The first kappa shape index (κ1) is 17.4. The molecule has 1 aliphatic carbocycles. The highest BCUT2D eigenvalue weighted by Gasteiger charge is 2.42. The average Bonchev–Trinajstić information content (AvgIpc) is 2.35. The van der Waals surface area contributed by atoms with Crippen LogP contribution in [0.5, 0.6) is 0 Å². The number of carbonyl (C=O) groups is 2. The van der Waals surface area contributed by atoms with Crippen LogP contribution in [0.1, 0.15) is 41.0 Å². The van der Waals surface area contributed by atoms with Gasteiger partial charge in [-0.1, -0.05) is 27.7 Å². The fourth-order valence-electron chi connectivity index (χ4n) is 3.18. The molecule has 0 spiro atoms. The number of nitrogens with two attached hydrogens (primary N) is 1. The minimum absolute atomic E-state index is 0.00000756. The van der Waals surface area contributed by atoms with Crippen LogP contribution in [0.4, 0.5) is 0 Å². The minimum atomic E-state index is -0.576. The Labute approximate surface area is 125 Å². The molecule has 21 heavy (non-hydrogen) atoms. The fourth-order valence-corrected chi connectivity index (χ4v) is 3.18. The van der Waals surface area contributed by atoms with Crippen molar-refractivity contribution >= 4 is 11.6 Å². The second-order valence-corrected chi connectivity index (χ2v) is 6.99. The number of hydrogen-bond donors (Lipinski definition) is 2. The average molecular weight is 295 g/mol. The van der Waals surface area contributed by atoms with Gasteiger partial charge in [-0.3, -0.25) is 9.59 Å². The number of Topliss-reactive ketones (excluding diaryl/α,β-unsaturated/α-hetero) is 2. The summed E-state index contributed by atoms with van der Waals surface area (Å²) in [5, 5.41) is 9.46. The van der Waals surface area contributed by atoms with E-state index in [-0.39, 0.29) is 35.0 Å². The summed E-state index contributed by atoms with van der Waals surface area (Å²) in [6.45, 7) is 9.23. The summed E-state index contributed by atoms with van der Waals surface area (Å²) in [7, 11) is 1.33. The number of ether oxygens (including phenoxy) is 1. The standard InChI is InChI=1S/C16H25NO4/c1-9-10(16(4,5)7-15(2,3)8-18)13(20)14(21-6)11(17)12(9)19/h18H,7-8,17H2,1-6H3. The second kappa shape index (κ2) is 5.64. The van der Waals surface area contributed by atoms with Gasteiger partial charge in [-0.05, 0) is 24.2 Å². The largest absolute Gasteiger partial charge is 0.491 e. The zero-order valence-corrected chi connectivity index (χ0v) is 13.7. The van der Waals surface area contributed by atoms with Crippen molar-refractivity contribution in [3.8, 4) is 0 Å². The van der Waals surface area contributed by atoms with E-state index in [4.69, 9.17) is 10.5 Å². The van der Waals surface area contributed by atoms with Crippen molar-refractivity contribution in [2.45, 2.75) is 41.0 Å². The van der Waals surface area contributed by atoms with Crippen LogP contribution in [0.25, 0.3) is 0 Å². The third-order valence-electron chi connectivity index (χ3n) is 3.87. The second-order valence-electron chi connectivity index (χ2n) is 6.99. The van der Waals surface area contributed by atoms with E-state index < -0.39 is 5.41 Å². The molecule has 0 heterocycles. The predicted molar refractivity (Wildman–Crippen MR) is 80.2 cm³/mol. The number of aliphatic hydroxyl groups is 1. The Morgan fingerprint density at radius 3 is 2.10 bits per heavy atom. The van der Waals surface area contributed by atoms with Gasteiger partial charge in [0.2, 0.25) is 11.6 Å². The van der Waals surface area contributed by atoms with E-state index in [1.54, 1.807) is 6.92 Å². The van der Waals surface area contributed by atoms with Gasteiger partial charge in [-0.15, -0.1) is 0 Å². The van der Waals surface area contributed by atoms with Crippen molar-refractivity contribution in [2.24, 2.45) is 16.6 Å². The number of carbonyl (C=O) groups excluding carboxylic acids is 2. The first-order chi connectivity index (χ1) is 9.48. The number of ketones is 2. The van der Waals surface area contributed by atoms with Gasteiger partial charge in [-0.2, -0.15) is 0 Å². The molecule has 1 rings (SSSR count). The first-order valence-corrected chi connectivity index (χ1v) is 6.94. The predicted octanol–water partition coefficient (Wildman–Crippen LogP) is 1.71. The van der Waals surface area contributed by atoms with Crippen LogP contribution >= 0.6 is 0 Å². The summed E-state index contributed by atoms with van der Waals surface area (Å²) in [4.78, 5) is 24.8. The molecule has 0 atom stereocenters. The van der Waals surface area contributed by atoms with Gasteiger partial charge in [-0.25, -0.2) is 0 Å². The molecule has 0 aromatic heterocycles. The van der Waals surface area contributed by atoms with Crippen LogP contribution in [0.3, 0.4) is 0 Å². The molecule has 5 nitrogen and oxygen atoms in total. The van der Waals surface area contributed by atoms with E-state index in [2.05, 4.69) is 0 Å². The van der Waals surface area contributed by atoms with E-state index in [0.29, 0.717) is 17.6 Å². The maximum atomic E-state index is 12.6. The molecule has 0 saturated heterocycles. The molecule has 1 aliphatic rings. The molecule has 118 valence electrons. The molecular formula is C16H25NO4. The molecule has 0 radical (unpaired) electrons. The molecule has 0 unspecified atom stereocenters. The van der Waals surface area contributed by atoms with Crippen LogP contribution < -0.4 is 5.73 Å². The van der Waals surface area contributed by atoms with E-state index >= 15 is 0 Å². The zero-order valence-electron chi connectivity index (χ0n) is 13.7. The van der Waals surface area contributed by atoms with Crippen LogP contribution in [-0.4, -0.2) is 30.4 Å². The Morgan fingerprint density at radius 2 is 1.67 bits per heavy atom. The fraction of sp³-hybridized carbons (Fsp3) is 0.625. The van der Waals surface area contributed by atoms with Gasteiger partial charge in [0.15, 0.2) is 5.76 Å². The lowest BCUT2D eigenvalue weighted by atomic mass is 9.67. The maximum Gasteiger partial charge on any atom is 0.226 e. The van der Waals surface area contributed by atoms with Crippen molar-refractivity contribution in [1.82, 2.24) is 0 Å². The minimum Gasteiger partial charge on any atom is -0.491 e. The molecule has 0 aliphatic heterocycles. The lowest BCUT2D eigenvalue weighted by molar-refractivity contribution is -0.120. The molecule has 0 aromatic carbocycles. The molecule has 5 heteroatoms. The Bertz CT molecular complexity index is 538. The lowest BCUT2D eigenvalue weighted by Crippen LogP contribution is -2.36. The smallest absolute Gasteiger partial charge is 0.226 e. The Kier molecular flexibility index (Phi) is 4.68. The van der Waals surface area contributed by atoms with Crippen LogP contribution in [0.15, 0.2) is 22.6 Å². The van der Waals surface area contributed by atoms with Crippen molar-refractivity contribution in [3.63, 3.8) is 0 Å². The Hall–Kier alpha value is -1.62. The van der Waals surface area contributed by atoms with Gasteiger partial charge in [0.05, 0.1) is 7.11 Å². The molecule has 0 bridgehead atoms. The number of methoxy groups -OCH3 is 1. The highest BCUT2D eigenvalue weighted by Crippen LogP contribution is 2.43. The van der Waals surface area contributed by atoms with Gasteiger partial charge < -0.3 is 15.6 Å². The van der Waals surface area contributed by atoms with Crippen molar-refractivity contribution < 1.29 is 19.4 Å². The van der Waals surface area contributed by atoms with Gasteiger partial charge >= 0.3 is 0 Å². The van der Waals surface area contributed by atoms with Gasteiger partial charge in [0.1, 0.15) is 5.70 Å². The molecule has 0 fully saturated rings. The lowest BCUT2D eigenvalue weighted by Gasteiger charge is -2.37. The normalized spacial score (nSPS) is 17.7. The summed E-state index contributed by atoms with van der Waals surface area (Å²) in [6.07, 6.45) is 0.555. The summed E-state index contributed by atoms with van der Waals surface area (Å²) in [5.41, 5.74) is 5.38. The highest BCUT2D eigenvalue weighted by atomic mass is 16.5. The SMILES string of the molecule is COC1=C(N)C(=O)C(C)=C(C(C)(C)CC(C)(C)CO)C1=O. The van der Waals surface area contributed by atoms with Crippen molar-refractivity contribution in [3.05, 3.63) is 22.6 Å². The number of rotatable bonds is 5. The summed E-state index contributed by atoms with van der Waals surface area (Å²) >= 11 is 0. The molecule has 3 N–H and O–H groups in total. The number of allylic oxidation sites excluding steroid dienone is 2. The topological polar surface area (TPSA) is 89.6 Å². The van der Waals surface area contributed by atoms with Gasteiger partial charge in [0, 0.05) is 17.8 Å². The first-order valence-electron chi connectivity index (χ1n) is 6.94. The molecule has 0 aromatic rings. The van der Waals surface area contributed by atoms with Gasteiger partial charge in [0.25, 0.3) is 0 Å². The quantitative estimate of drug-likeness (QED) is 0.754. The molecule has 0 saturated carbocycles. The van der Waals surface area contributed by atoms with Crippen molar-refractivity contribution in [2.75, 3.05) is 13.7 Å². The van der Waals surface area contributed by atoms with Crippen molar-refractivity contribution in [1.29, 1.82) is 0 Å². The Morgan fingerprint density at radius 1 is 1.14 bits per heavy atom. The monoisotopic (exact) mass is 295 g/mol. The summed E-state index contributed by atoms with van der Waals surface area (Å²) in [6, 6.07) is 0. The van der Waals surface area contributed by atoms with E-state index in [1.165, 1.54) is 7.11 Å². The number of hydrogen-bond acceptors (Lipinski definition) is 5. The van der Waals surface area contributed by atoms with E-state index in [9.17, 15) is 14.7 Å². The van der Waals surface area contributed by atoms with E-state index in [0.717, 1.165) is 0 Å². The molecular weight excluding hydrogens is 270 g/mol. The van der Waals surface area contributed by atoms with E-state index in [1.807, 2.05) is 27.7 Å². The maximum absolute atomic E-state index is 12.6.